The van der Waals surface area contributed by atoms with E-state index in [1.807, 2.05) is 0 Å². The number of rotatable bonds is 4. The molecule has 0 aliphatic carbocycles. The largest absolute Gasteiger partial charge is 0.396 e. The van der Waals surface area contributed by atoms with Crippen molar-refractivity contribution in [1.29, 1.82) is 0 Å². The van der Waals surface area contributed by atoms with Crippen LogP contribution in [0.25, 0.3) is 0 Å². The molecule has 0 aromatic heterocycles. The van der Waals surface area contributed by atoms with E-state index in [4.69, 9.17) is 5.11 Å². The molecule has 1 N–H and O–H groups in total. The van der Waals surface area contributed by atoms with Crippen molar-refractivity contribution in [2.45, 2.75) is 26.2 Å². The van der Waals surface area contributed by atoms with E-state index >= 15 is 0 Å². The van der Waals surface area contributed by atoms with Crippen molar-refractivity contribution in [3.05, 3.63) is 39.4 Å². The van der Waals surface area contributed by atoms with Gasteiger partial charge in [0.2, 0.25) is 0 Å². The quantitative estimate of drug-likeness (QED) is 0.680. The van der Waals surface area contributed by atoms with Crippen LogP contribution < -0.4 is 0 Å². The predicted octanol–water partition coefficient (Wildman–Crippen LogP) is 2.14. The van der Waals surface area contributed by atoms with E-state index in [2.05, 4.69) is 0 Å². The van der Waals surface area contributed by atoms with Gasteiger partial charge >= 0.3 is 0 Å². The third-order valence-electron chi connectivity index (χ3n) is 3.99. The molecule has 0 spiro atoms. The van der Waals surface area contributed by atoms with Crippen LogP contribution >= 0.6 is 0 Å². The first-order valence-corrected chi connectivity index (χ1v) is 7.18. The van der Waals surface area contributed by atoms with Gasteiger partial charge in [0.05, 0.1) is 4.92 Å². The Balaban J connectivity index is 2.24. The SMILES string of the molecule is Cc1cccc(C(=O)N2CCCC(CCO)C2)c1[N+](=O)[O-]. The third-order valence-corrected chi connectivity index (χ3v) is 3.99. The fraction of sp³-hybridized carbons (Fsp3) is 0.533. The zero-order chi connectivity index (χ0) is 15.4. The standard InChI is InChI=1S/C15H20N2O4/c1-11-4-2-6-13(14(11)17(20)21)15(19)16-8-3-5-12(10-16)7-9-18/h2,4,6,12,18H,3,5,7-10H2,1H3. The molecule has 0 radical (unpaired) electrons. The van der Waals surface area contributed by atoms with Gasteiger partial charge in [0.1, 0.15) is 5.56 Å². The van der Waals surface area contributed by atoms with E-state index in [0.717, 1.165) is 12.8 Å². The number of aliphatic hydroxyl groups is 1. The number of carbonyl (C=O) groups is 1. The lowest BCUT2D eigenvalue weighted by Gasteiger charge is -2.32. The molecular formula is C15H20N2O4. The fourth-order valence-corrected chi connectivity index (χ4v) is 2.91. The summed E-state index contributed by atoms with van der Waals surface area (Å²) in [6.45, 7) is 2.92. The van der Waals surface area contributed by atoms with Crippen LogP contribution in [0.15, 0.2) is 18.2 Å². The molecule has 2 rings (SSSR count). The van der Waals surface area contributed by atoms with Crippen LogP contribution in [0, 0.1) is 23.0 Å². The zero-order valence-corrected chi connectivity index (χ0v) is 12.1. The smallest absolute Gasteiger partial charge is 0.285 e. The molecule has 1 fully saturated rings. The highest BCUT2D eigenvalue weighted by atomic mass is 16.6. The number of para-hydroxylation sites is 1. The fourth-order valence-electron chi connectivity index (χ4n) is 2.91. The van der Waals surface area contributed by atoms with E-state index in [1.54, 1.807) is 24.0 Å². The van der Waals surface area contributed by atoms with Crippen molar-refractivity contribution in [1.82, 2.24) is 4.90 Å². The molecule has 6 nitrogen and oxygen atoms in total. The minimum atomic E-state index is -0.488. The van der Waals surface area contributed by atoms with Gasteiger partial charge in [-0.15, -0.1) is 0 Å². The second-order valence-electron chi connectivity index (χ2n) is 5.50. The predicted molar refractivity (Wildman–Crippen MR) is 78.2 cm³/mol. The summed E-state index contributed by atoms with van der Waals surface area (Å²) in [5.41, 5.74) is 0.547. The summed E-state index contributed by atoms with van der Waals surface area (Å²) >= 11 is 0. The van der Waals surface area contributed by atoms with Crippen molar-refractivity contribution >= 4 is 11.6 Å². The van der Waals surface area contributed by atoms with Gasteiger partial charge < -0.3 is 10.0 Å². The molecule has 6 heteroatoms. The number of likely N-dealkylation sites (tertiary alicyclic amines) is 1. The zero-order valence-electron chi connectivity index (χ0n) is 12.1. The van der Waals surface area contributed by atoms with Gasteiger partial charge in [-0.3, -0.25) is 14.9 Å². The van der Waals surface area contributed by atoms with Crippen molar-refractivity contribution in [3.8, 4) is 0 Å². The Kier molecular flexibility index (Phi) is 4.90. The number of nitro benzene ring substituents is 1. The molecule has 1 saturated heterocycles. The Morgan fingerprint density at radius 2 is 2.29 bits per heavy atom. The van der Waals surface area contributed by atoms with Gasteiger partial charge in [-0.2, -0.15) is 0 Å². The second kappa shape index (κ2) is 6.67. The summed E-state index contributed by atoms with van der Waals surface area (Å²) in [7, 11) is 0. The third kappa shape index (κ3) is 3.39. The molecule has 1 amide bonds. The molecule has 1 aromatic carbocycles. The number of aliphatic hydroxyl groups excluding tert-OH is 1. The number of hydrogen-bond donors (Lipinski definition) is 1. The van der Waals surface area contributed by atoms with Crippen molar-refractivity contribution in [2.75, 3.05) is 19.7 Å². The minimum Gasteiger partial charge on any atom is -0.396 e. The van der Waals surface area contributed by atoms with Crippen LogP contribution in [-0.2, 0) is 0 Å². The number of piperidine rings is 1. The molecule has 1 aliphatic rings. The number of hydrogen-bond acceptors (Lipinski definition) is 4. The molecular weight excluding hydrogens is 272 g/mol. The molecule has 114 valence electrons. The first-order valence-electron chi connectivity index (χ1n) is 7.18. The van der Waals surface area contributed by atoms with Gasteiger partial charge in [0, 0.05) is 25.3 Å². The molecule has 1 heterocycles. The van der Waals surface area contributed by atoms with Gasteiger partial charge in [0.15, 0.2) is 0 Å². The summed E-state index contributed by atoms with van der Waals surface area (Å²) in [5.74, 6) is -0.00962. The topological polar surface area (TPSA) is 83.7 Å². The van der Waals surface area contributed by atoms with Crippen molar-refractivity contribution in [2.24, 2.45) is 5.92 Å². The van der Waals surface area contributed by atoms with Crippen LogP contribution in [-0.4, -0.2) is 40.5 Å². The summed E-state index contributed by atoms with van der Waals surface area (Å²) in [4.78, 5) is 25.0. The lowest BCUT2D eigenvalue weighted by Crippen LogP contribution is -2.40. The minimum absolute atomic E-state index is 0.105. The number of aryl methyl sites for hydroxylation is 1. The highest BCUT2D eigenvalue weighted by molar-refractivity contribution is 5.98. The summed E-state index contributed by atoms with van der Waals surface area (Å²) in [5, 5.41) is 20.2. The maximum absolute atomic E-state index is 12.6. The average molecular weight is 292 g/mol. The van der Waals surface area contributed by atoms with Gasteiger partial charge in [0.25, 0.3) is 11.6 Å². The summed E-state index contributed by atoms with van der Waals surface area (Å²) < 4.78 is 0. The average Bonchev–Trinajstić information content (AvgIpc) is 2.46. The van der Waals surface area contributed by atoms with E-state index in [0.29, 0.717) is 25.1 Å². The van der Waals surface area contributed by atoms with Gasteiger partial charge in [-0.25, -0.2) is 0 Å². The maximum Gasteiger partial charge on any atom is 0.285 e. The number of benzene rings is 1. The Bertz CT molecular complexity index is 542. The van der Waals surface area contributed by atoms with Crippen LogP contribution in [0.5, 0.6) is 0 Å². The lowest BCUT2D eigenvalue weighted by molar-refractivity contribution is -0.385. The Morgan fingerprint density at radius 1 is 1.52 bits per heavy atom. The lowest BCUT2D eigenvalue weighted by atomic mass is 9.94. The van der Waals surface area contributed by atoms with Crippen molar-refractivity contribution < 1.29 is 14.8 Å². The van der Waals surface area contributed by atoms with E-state index in [1.165, 1.54) is 6.07 Å². The molecule has 1 aromatic rings. The molecule has 1 atom stereocenters. The van der Waals surface area contributed by atoms with Crippen LogP contribution in [0.3, 0.4) is 0 Å². The second-order valence-corrected chi connectivity index (χ2v) is 5.50. The van der Waals surface area contributed by atoms with Gasteiger partial charge in [-0.05, 0) is 38.2 Å². The molecule has 1 unspecified atom stereocenters. The first kappa shape index (κ1) is 15.4. The Hall–Kier alpha value is -1.95. The van der Waals surface area contributed by atoms with Crippen LogP contribution in [0.1, 0.15) is 35.2 Å². The first-order chi connectivity index (χ1) is 10.0. The monoisotopic (exact) mass is 292 g/mol. The van der Waals surface area contributed by atoms with E-state index in [-0.39, 0.29) is 29.7 Å². The number of amides is 1. The molecule has 1 aliphatic heterocycles. The molecule has 0 bridgehead atoms. The normalized spacial score (nSPS) is 18.6. The maximum atomic E-state index is 12.6. The Labute approximate surface area is 123 Å². The van der Waals surface area contributed by atoms with E-state index < -0.39 is 4.92 Å². The van der Waals surface area contributed by atoms with E-state index in [9.17, 15) is 14.9 Å². The highest BCUT2D eigenvalue weighted by Gasteiger charge is 2.29. The number of nitro groups is 1. The summed E-state index contributed by atoms with van der Waals surface area (Å²) in [6.07, 6.45) is 2.52. The molecule has 0 saturated carbocycles. The number of carbonyl (C=O) groups excluding carboxylic acids is 1. The molecule has 21 heavy (non-hydrogen) atoms. The summed E-state index contributed by atoms with van der Waals surface area (Å²) in [6, 6.07) is 4.83. The number of nitrogens with zero attached hydrogens (tertiary/aromatic N) is 2. The van der Waals surface area contributed by atoms with Crippen LogP contribution in [0.4, 0.5) is 5.69 Å². The van der Waals surface area contributed by atoms with Crippen LogP contribution in [0.2, 0.25) is 0 Å². The highest BCUT2D eigenvalue weighted by Crippen LogP contribution is 2.27. The van der Waals surface area contributed by atoms with Gasteiger partial charge in [-0.1, -0.05) is 12.1 Å². The van der Waals surface area contributed by atoms with Crippen molar-refractivity contribution in [3.63, 3.8) is 0 Å². The Morgan fingerprint density at radius 3 is 2.95 bits per heavy atom.